The maximum absolute atomic E-state index is 11.7. The maximum Gasteiger partial charge on any atom is 0.303 e. The van der Waals surface area contributed by atoms with E-state index in [1.807, 2.05) is 11.6 Å². The van der Waals surface area contributed by atoms with Crippen LogP contribution >= 0.6 is 11.3 Å². The fourth-order valence-corrected chi connectivity index (χ4v) is 2.99. The van der Waals surface area contributed by atoms with Crippen molar-refractivity contribution >= 4 is 55.5 Å². The second kappa shape index (κ2) is 5.80. The number of amides is 1. The molecule has 3 aromatic rings. The predicted molar refractivity (Wildman–Crippen MR) is 86.5 cm³/mol. The van der Waals surface area contributed by atoms with Gasteiger partial charge in [-0.15, -0.1) is 0 Å². The van der Waals surface area contributed by atoms with Crippen LogP contribution in [0.5, 0.6) is 0 Å². The van der Waals surface area contributed by atoms with Crippen LogP contribution in [0.4, 0.5) is 10.9 Å². The molecule has 23 heavy (non-hydrogen) atoms. The highest BCUT2D eigenvalue weighted by Gasteiger charge is 2.17. The van der Waals surface area contributed by atoms with Crippen molar-refractivity contribution in [2.75, 3.05) is 24.3 Å². The summed E-state index contributed by atoms with van der Waals surface area (Å²) in [5.74, 6) is -0.315. The van der Waals surface area contributed by atoms with Crippen LogP contribution < -0.4 is 10.6 Å². The van der Waals surface area contributed by atoms with Gasteiger partial charge >= 0.3 is 5.97 Å². The van der Waals surface area contributed by atoms with Gasteiger partial charge in [0.2, 0.25) is 0 Å². The number of rotatable bonds is 4. The van der Waals surface area contributed by atoms with Gasteiger partial charge in [0.15, 0.2) is 17.6 Å². The second-order valence-corrected chi connectivity index (χ2v) is 5.74. The lowest BCUT2D eigenvalue weighted by Gasteiger charge is -2.01. The summed E-state index contributed by atoms with van der Waals surface area (Å²) >= 11 is 1.24. The number of hydrogen-bond acceptors (Lipinski definition) is 8. The number of ether oxygens (including phenoxy) is 1. The smallest absolute Gasteiger partial charge is 0.303 e. The summed E-state index contributed by atoms with van der Waals surface area (Å²) in [6.07, 6.45) is 1.69. The van der Waals surface area contributed by atoms with Crippen molar-refractivity contribution in [2.24, 2.45) is 7.05 Å². The van der Waals surface area contributed by atoms with Crippen LogP contribution in [0, 0.1) is 0 Å². The predicted octanol–water partition coefficient (Wildman–Crippen LogP) is 1.12. The first-order chi connectivity index (χ1) is 11.0. The maximum atomic E-state index is 11.7. The molecule has 3 aromatic heterocycles. The van der Waals surface area contributed by atoms with Crippen LogP contribution in [0.15, 0.2) is 6.33 Å². The van der Waals surface area contributed by atoms with Gasteiger partial charge in [0.1, 0.15) is 21.4 Å². The minimum Gasteiger partial charge on any atom is -0.456 e. The molecule has 1 amide bonds. The van der Waals surface area contributed by atoms with Crippen LogP contribution in [0.1, 0.15) is 6.92 Å². The third kappa shape index (κ3) is 2.80. The lowest BCUT2D eigenvalue weighted by atomic mass is 10.3. The fourth-order valence-electron chi connectivity index (χ4n) is 2.13. The minimum atomic E-state index is -0.513. The Morgan fingerprint density at radius 3 is 2.83 bits per heavy atom. The largest absolute Gasteiger partial charge is 0.456 e. The number of anilines is 2. The van der Waals surface area contributed by atoms with Gasteiger partial charge in [0.25, 0.3) is 5.91 Å². The van der Waals surface area contributed by atoms with Gasteiger partial charge in [0.05, 0.1) is 6.33 Å². The Morgan fingerprint density at radius 1 is 1.35 bits per heavy atom. The number of aromatic nitrogens is 4. The normalized spacial score (nSPS) is 10.9. The third-order valence-corrected chi connectivity index (χ3v) is 3.96. The third-order valence-electron chi connectivity index (χ3n) is 3.10. The number of hydrogen-bond donors (Lipinski definition) is 2. The lowest BCUT2D eigenvalue weighted by Crippen LogP contribution is -2.19. The summed E-state index contributed by atoms with van der Waals surface area (Å²) in [4.78, 5) is 36.3. The number of imidazole rings is 1. The van der Waals surface area contributed by atoms with Crippen molar-refractivity contribution in [3.05, 3.63) is 6.33 Å². The molecule has 120 valence electrons. The van der Waals surface area contributed by atoms with Crippen molar-refractivity contribution in [1.29, 1.82) is 0 Å². The number of aryl methyl sites for hydroxylation is 1. The van der Waals surface area contributed by atoms with Crippen molar-refractivity contribution < 1.29 is 14.3 Å². The molecule has 0 atom stereocenters. The molecule has 9 nitrogen and oxygen atoms in total. The van der Waals surface area contributed by atoms with E-state index in [0.717, 1.165) is 5.52 Å². The zero-order valence-corrected chi connectivity index (χ0v) is 13.5. The molecule has 2 N–H and O–H groups in total. The van der Waals surface area contributed by atoms with Crippen molar-refractivity contribution in [1.82, 2.24) is 19.5 Å². The van der Waals surface area contributed by atoms with E-state index >= 15 is 0 Å². The molecule has 0 spiro atoms. The van der Waals surface area contributed by atoms with Crippen molar-refractivity contribution in [3.8, 4) is 0 Å². The topological polar surface area (TPSA) is 111 Å². The number of nitrogens with zero attached hydrogens (tertiary/aromatic N) is 4. The molecule has 0 unspecified atom stereocenters. The van der Waals surface area contributed by atoms with Gasteiger partial charge in [-0.05, 0) is 0 Å². The van der Waals surface area contributed by atoms with E-state index in [9.17, 15) is 9.59 Å². The summed E-state index contributed by atoms with van der Waals surface area (Å²) in [5.41, 5.74) is 2.20. The number of carbonyl (C=O) groups is 2. The molecule has 0 saturated carbocycles. The molecule has 0 saturated heterocycles. The summed E-state index contributed by atoms with van der Waals surface area (Å²) in [6.45, 7) is 0.898. The molecular weight excluding hydrogens is 320 g/mol. The molecule has 0 aliphatic heterocycles. The highest BCUT2D eigenvalue weighted by molar-refractivity contribution is 7.22. The van der Waals surface area contributed by atoms with E-state index < -0.39 is 11.9 Å². The molecule has 0 fully saturated rings. The Hall–Kier alpha value is -2.75. The molecule has 0 aliphatic rings. The van der Waals surface area contributed by atoms with E-state index in [4.69, 9.17) is 0 Å². The van der Waals surface area contributed by atoms with Gasteiger partial charge in [0, 0.05) is 21.0 Å². The average molecular weight is 334 g/mol. The number of nitrogens with one attached hydrogen (secondary N) is 2. The first-order valence-electron chi connectivity index (χ1n) is 6.72. The Labute approximate surface area is 134 Å². The van der Waals surface area contributed by atoms with E-state index in [1.165, 1.54) is 18.3 Å². The number of esters is 1. The second-order valence-electron chi connectivity index (χ2n) is 4.76. The van der Waals surface area contributed by atoms with E-state index in [1.54, 1.807) is 13.4 Å². The first kappa shape index (κ1) is 15.2. The monoisotopic (exact) mass is 334 g/mol. The quantitative estimate of drug-likeness (QED) is 0.688. The van der Waals surface area contributed by atoms with E-state index in [2.05, 4.69) is 30.3 Å². The van der Waals surface area contributed by atoms with Crippen LogP contribution in [-0.4, -0.2) is 45.1 Å². The summed E-state index contributed by atoms with van der Waals surface area (Å²) in [5, 5.41) is 6.00. The zero-order valence-electron chi connectivity index (χ0n) is 12.7. The van der Waals surface area contributed by atoms with E-state index in [0.29, 0.717) is 26.8 Å². The Balaban J connectivity index is 1.98. The van der Waals surface area contributed by atoms with Gasteiger partial charge < -0.3 is 14.6 Å². The van der Waals surface area contributed by atoms with E-state index in [-0.39, 0.29) is 6.61 Å². The average Bonchev–Trinajstić information content (AvgIpc) is 3.07. The number of carbonyl (C=O) groups excluding carboxylic acids is 2. The standard InChI is InChI=1S/C13H14N6O3S/c1-6(20)22-4-7(21)16-13-17-9-10-8(15-5-19(10)3)11(14-2)18-12(9)23-13/h5H,4H2,1-3H3,(H,14,18)(H,16,17,21). The van der Waals surface area contributed by atoms with Gasteiger partial charge in [-0.2, -0.15) is 0 Å². The molecule has 0 aliphatic carbocycles. The van der Waals surface area contributed by atoms with Crippen LogP contribution in [-0.2, 0) is 21.4 Å². The van der Waals surface area contributed by atoms with Gasteiger partial charge in [-0.1, -0.05) is 11.3 Å². The van der Waals surface area contributed by atoms with Crippen LogP contribution in [0.3, 0.4) is 0 Å². The Bertz CT molecular complexity index is 915. The lowest BCUT2D eigenvalue weighted by molar-refractivity contribution is -0.144. The fraction of sp³-hybridized carbons (Fsp3) is 0.308. The van der Waals surface area contributed by atoms with Gasteiger partial charge in [-0.25, -0.2) is 15.0 Å². The Kier molecular flexibility index (Phi) is 3.82. The summed E-state index contributed by atoms with van der Waals surface area (Å²) in [6, 6.07) is 0. The SMILES string of the molecule is CNc1nc2sc(NC(=O)COC(C)=O)nc2c2c1ncn2C. The molecule has 3 rings (SSSR count). The number of thiazole rings is 1. The molecule has 0 bridgehead atoms. The highest BCUT2D eigenvalue weighted by Crippen LogP contribution is 2.32. The van der Waals surface area contributed by atoms with Crippen molar-refractivity contribution in [3.63, 3.8) is 0 Å². The molecule has 3 heterocycles. The van der Waals surface area contributed by atoms with Crippen LogP contribution in [0.25, 0.3) is 21.4 Å². The minimum absolute atomic E-state index is 0.346. The zero-order chi connectivity index (χ0) is 16.6. The summed E-state index contributed by atoms with van der Waals surface area (Å²) < 4.78 is 6.50. The first-order valence-corrected chi connectivity index (χ1v) is 7.53. The number of pyridine rings is 1. The summed E-state index contributed by atoms with van der Waals surface area (Å²) in [7, 11) is 3.64. The van der Waals surface area contributed by atoms with Gasteiger partial charge in [-0.3, -0.25) is 14.9 Å². The number of fused-ring (bicyclic) bond motifs is 3. The van der Waals surface area contributed by atoms with Crippen LogP contribution in [0.2, 0.25) is 0 Å². The Morgan fingerprint density at radius 2 is 2.13 bits per heavy atom. The molecular formula is C13H14N6O3S. The van der Waals surface area contributed by atoms with Crippen molar-refractivity contribution in [2.45, 2.75) is 6.92 Å². The highest BCUT2D eigenvalue weighted by atomic mass is 32.1. The molecule has 10 heteroatoms. The molecule has 0 aromatic carbocycles. The molecule has 0 radical (unpaired) electrons.